The van der Waals surface area contributed by atoms with Crippen LogP contribution in [0.5, 0.6) is 0 Å². The van der Waals surface area contributed by atoms with Crippen LogP contribution >= 0.6 is 0 Å². The van der Waals surface area contributed by atoms with E-state index in [1.807, 2.05) is 6.20 Å². The number of hydrogen-bond acceptors (Lipinski definition) is 4. The van der Waals surface area contributed by atoms with E-state index in [1.54, 1.807) is 6.20 Å². The van der Waals surface area contributed by atoms with Gasteiger partial charge in [0, 0.05) is 25.9 Å². The quantitative estimate of drug-likeness (QED) is 0.858. The molecule has 1 aromatic heterocycles. The Morgan fingerprint density at radius 3 is 2.68 bits per heavy atom. The van der Waals surface area contributed by atoms with Crippen LogP contribution in [0.2, 0.25) is 0 Å². The number of amides is 1. The summed E-state index contributed by atoms with van der Waals surface area (Å²) in [5, 5.41) is 9.35. The smallest absolute Gasteiger partial charge is 0.326 e. The van der Waals surface area contributed by atoms with Crippen LogP contribution in [0.3, 0.4) is 0 Å². The molecule has 2 aliphatic rings. The second kappa shape index (κ2) is 5.72. The van der Waals surface area contributed by atoms with E-state index in [1.165, 1.54) is 11.8 Å². The van der Waals surface area contributed by atoms with Crippen molar-refractivity contribution >= 4 is 11.9 Å². The molecule has 0 radical (unpaired) electrons. The number of carboxylic acid groups (broad SMARTS) is 1. The summed E-state index contributed by atoms with van der Waals surface area (Å²) in [7, 11) is 0. The second-order valence-corrected chi connectivity index (χ2v) is 6.52. The Labute approximate surface area is 129 Å². The lowest BCUT2D eigenvalue weighted by Gasteiger charge is -2.38. The molecule has 120 valence electrons. The molecule has 1 atom stereocenters. The van der Waals surface area contributed by atoms with Crippen LogP contribution < -0.4 is 0 Å². The van der Waals surface area contributed by atoms with E-state index in [0.717, 1.165) is 38.3 Å². The van der Waals surface area contributed by atoms with Gasteiger partial charge in [-0.3, -0.25) is 9.69 Å². The molecule has 0 bridgehead atoms. The Kier molecular flexibility index (Phi) is 3.90. The molecule has 7 nitrogen and oxygen atoms in total. The molecule has 2 saturated heterocycles. The van der Waals surface area contributed by atoms with E-state index in [9.17, 15) is 14.7 Å². The molecule has 22 heavy (non-hydrogen) atoms. The first-order valence-electron chi connectivity index (χ1n) is 7.70. The molecule has 2 fully saturated rings. The summed E-state index contributed by atoms with van der Waals surface area (Å²) in [6, 6.07) is -0.658. The summed E-state index contributed by atoms with van der Waals surface area (Å²) >= 11 is 0. The highest BCUT2D eigenvalue weighted by atomic mass is 16.4. The number of carbonyl (C=O) groups excluding carboxylic acids is 1. The molecule has 1 aromatic rings. The number of hydrogen-bond donors (Lipinski definition) is 2. The molecule has 2 N–H and O–H groups in total. The van der Waals surface area contributed by atoms with E-state index >= 15 is 0 Å². The molecule has 2 aliphatic heterocycles. The number of rotatable bonds is 3. The Morgan fingerprint density at radius 1 is 1.45 bits per heavy atom. The van der Waals surface area contributed by atoms with Gasteiger partial charge >= 0.3 is 5.97 Å². The maximum absolute atomic E-state index is 11.7. The number of imidazole rings is 1. The minimum atomic E-state index is -0.884. The van der Waals surface area contributed by atoms with Crippen molar-refractivity contribution in [2.75, 3.05) is 19.6 Å². The number of piperidine rings is 1. The Balaban J connectivity index is 1.62. The molecule has 0 aromatic carbocycles. The predicted octanol–water partition coefficient (Wildman–Crippen LogP) is 0.697. The maximum Gasteiger partial charge on any atom is 0.326 e. The predicted molar refractivity (Wildman–Crippen MR) is 79.0 cm³/mol. The normalized spacial score (nSPS) is 24.8. The van der Waals surface area contributed by atoms with Gasteiger partial charge in [0.15, 0.2) is 0 Å². The van der Waals surface area contributed by atoms with Crippen LogP contribution in [0.4, 0.5) is 0 Å². The van der Waals surface area contributed by atoms with Crippen molar-refractivity contribution in [2.45, 2.75) is 38.8 Å². The number of nitrogens with zero attached hydrogens (tertiary/aromatic N) is 3. The van der Waals surface area contributed by atoms with Crippen LogP contribution in [0.25, 0.3) is 0 Å². The molecule has 0 aliphatic carbocycles. The summed E-state index contributed by atoms with van der Waals surface area (Å²) < 4.78 is 0. The lowest BCUT2D eigenvalue weighted by atomic mass is 9.76. The van der Waals surface area contributed by atoms with Gasteiger partial charge in [-0.25, -0.2) is 9.78 Å². The summed E-state index contributed by atoms with van der Waals surface area (Å²) in [6.45, 7) is 4.66. The van der Waals surface area contributed by atoms with Gasteiger partial charge < -0.3 is 15.0 Å². The third kappa shape index (κ3) is 2.85. The number of nitrogens with one attached hydrogen (secondary N) is 1. The summed E-state index contributed by atoms with van der Waals surface area (Å²) in [5.41, 5.74) is -0.0333. The highest BCUT2D eigenvalue weighted by molar-refractivity contribution is 5.83. The zero-order valence-corrected chi connectivity index (χ0v) is 12.8. The number of H-pyrrole nitrogens is 1. The zero-order valence-electron chi connectivity index (χ0n) is 12.8. The fraction of sp³-hybridized carbons (Fsp3) is 0.667. The van der Waals surface area contributed by atoms with Crippen molar-refractivity contribution in [3.63, 3.8) is 0 Å². The number of likely N-dealkylation sites (tertiary alicyclic amines) is 2. The van der Waals surface area contributed by atoms with E-state index in [0.29, 0.717) is 13.0 Å². The standard InChI is InChI=1S/C15H22N4O3/c1-11(20)19-10-15(8-12(19)14(21)22)2-6-18(7-3-15)9-13-16-4-5-17-13/h4-5,12H,2-3,6-10H2,1H3,(H,16,17)(H,21,22)/t12-/m0/s1. The molecule has 3 heterocycles. The van der Waals surface area contributed by atoms with Gasteiger partial charge in [-0.1, -0.05) is 0 Å². The number of aliphatic carboxylic acids is 1. The van der Waals surface area contributed by atoms with Crippen LogP contribution in [-0.2, 0) is 16.1 Å². The highest BCUT2D eigenvalue weighted by Crippen LogP contribution is 2.43. The summed E-state index contributed by atoms with van der Waals surface area (Å²) in [6.07, 6.45) is 6.01. The fourth-order valence-electron chi connectivity index (χ4n) is 3.75. The van der Waals surface area contributed by atoms with Crippen molar-refractivity contribution in [2.24, 2.45) is 5.41 Å². The molecule has 0 saturated carbocycles. The van der Waals surface area contributed by atoms with Crippen LogP contribution in [-0.4, -0.2) is 62.4 Å². The summed E-state index contributed by atoms with van der Waals surface area (Å²) in [4.78, 5) is 34.3. The highest BCUT2D eigenvalue weighted by Gasteiger charge is 2.49. The van der Waals surface area contributed by atoms with Gasteiger partial charge in [-0.05, 0) is 37.8 Å². The largest absolute Gasteiger partial charge is 0.480 e. The first kappa shape index (κ1) is 15.0. The molecular weight excluding hydrogens is 284 g/mol. The lowest BCUT2D eigenvalue weighted by Crippen LogP contribution is -2.42. The van der Waals surface area contributed by atoms with Crippen molar-refractivity contribution in [3.05, 3.63) is 18.2 Å². The molecule has 7 heteroatoms. The number of carboxylic acids is 1. The zero-order chi connectivity index (χ0) is 15.7. The minimum absolute atomic E-state index is 0.0333. The Hall–Kier alpha value is -1.89. The third-order valence-corrected chi connectivity index (χ3v) is 5.04. The first-order valence-corrected chi connectivity index (χ1v) is 7.70. The van der Waals surface area contributed by atoms with E-state index in [4.69, 9.17) is 0 Å². The van der Waals surface area contributed by atoms with Crippen molar-refractivity contribution < 1.29 is 14.7 Å². The van der Waals surface area contributed by atoms with Gasteiger partial charge in [0.2, 0.25) is 5.91 Å². The molecule has 1 spiro atoms. The van der Waals surface area contributed by atoms with Crippen LogP contribution in [0, 0.1) is 5.41 Å². The molecule has 0 unspecified atom stereocenters. The van der Waals surface area contributed by atoms with Crippen molar-refractivity contribution in [1.29, 1.82) is 0 Å². The van der Waals surface area contributed by atoms with Crippen LogP contribution in [0.1, 0.15) is 32.0 Å². The van der Waals surface area contributed by atoms with Gasteiger partial charge in [0.25, 0.3) is 0 Å². The third-order valence-electron chi connectivity index (χ3n) is 5.04. The average molecular weight is 306 g/mol. The van der Waals surface area contributed by atoms with Gasteiger partial charge in [-0.15, -0.1) is 0 Å². The number of aromatic amines is 1. The van der Waals surface area contributed by atoms with Gasteiger partial charge in [0.1, 0.15) is 11.9 Å². The van der Waals surface area contributed by atoms with Crippen molar-refractivity contribution in [3.8, 4) is 0 Å². The SMILES string of the molecule is CC(=O)N1CC2(CCN(Cc3ncc[nH]3)CC2)C[C@H]1C(=O)O. The number of aromatic nitrogens is 2. The molecule has 3 rings (SSSR count). The van der Waals surface area contributed by atoms with E-state index < -0.39 is 12.0 Å². The van der Waals surface area contributed by atoms with Crippen LogP contribution in [0.15, 0.2) is 12.4 Å². The van der Waals surface area contributed by atoms with E-state index in [-0.39, 0.29) is 11.3 Å². The monoisotopic (exact) mass is 306 g/mol. The molecule has 1 amide bonds. The Morgan fingerprint density at radius 2 is 2.18 bits per heavy atom. The second-order valence-electron chi connectivity index (χ2n) is 6.52. The van der Waals surface area contributed by atoms with Crippen molar-refractivity contribution in [1.82, 2.24) is 19.8 Å². The van der Waals surface area contributed by atoms with Gasteiger partial charge in [0.05, 0.1) is 6.54 Å². The van der Waals surface area contributed by atoms with Gasteiger partial charge in [-0.2, -0.15) is 0 Å². The summed E-state index contributed by atoms with van der Waals surface area (Å²) in [5.74, 6) is -0.0662. The fourth-order valence-corrected chi connectivity index (χ4v) is 3.75. The van der Waals surface area contributed by atoms with E-state index in [2.05, 4.69) is 14.9 Å². The number of carbonyl (C=O) groups is 2. The lowest BCUT2D eigenvalue weighted by molar-refractivity contribution is -0.147. The average Bonchev–Trinajstić information content (AvgIpc) is 3.10. The first-order chi connectivity index (χ1) is 10.5. The molecular formula is C15H22N4O3. The topological polar surface area (TPSA) is 89.5 Å². The maximum atomic E-state index is 11.7. The Bertz CT molecular complexity index is 525. The minimum Gasteiger partial charge on any atom is -0.480 e.